The maximum absolute atomic E-state index is 13.0. The minimum atomic E-state index is -4.39. The maximum Gasteiger partial charge on any atom is 0.416 e. The molecule has 2 N–H and O–H groups in total. The third-order valence-electron chi connectivity index (χ3n) is 4.92. The zero-order valence-electron chi connectivity index (χ0n) is 16.0. The van der Waals surface area contributed by atoms with E-state index in [9.17, 15) is 13.2 Å². The molecular weight excluding hydrogens is 405 g/mol. The summed E-state index contributed by atoms with van der Waals surface area (Å²) in [5.41, 5.74) is 3.72. The first-order chi connectivity index (χ1) is 15.0. The third kappa shape index (κ3) is 3.65. The average Bonchev–Trinajstić information content (AvgIpc) is 2.91. The number of anilines is 3. The fourth-order valence-electron chi connectivity index (χ4n) is 3.46. The lowest BCUT2D eigenvalue weighted by atomic mass is 10.0. The van der Waals surface area contributed by atoms with Crippen LogP contribution in [0.3, 0.4) is 0 Å². The van der Waals surface area contributed by atoms with Crippen LogP contribution in [0, 0.1) is 0 Å². The zero-order chi connectivity index (χ0) is 21.4. The smallest absolute Gasteiger partial charge is 0.350 e. The molecule has 0 fully saturated rings. The van der Waals surface area contributed by atoms with Crippen LogP contribution in [0.2, 0.25) is 0 Å². The van der Waals surface area contributed by atoms with Crippen LogP contribution in [0.4, 0.5) is 30.6 Å². The molecule has 4 heterocycles. The Kier molecular flexibility index (Phi) is 4.50. The SMILES string of the molecule is FC(F)(F)c1cccc(CNc2ncc3c(n2)-c2cccnc2Nc2cnccc2-3)c1. The second-order valence-electron chi connectivity index (χ2n) is 6.95. The van der Waals surface area contributed by atoms with Gasteiger partial charge in [0.1, 0.15) is 5.82 Å². The van der Waals surface area contributed by atoms with Crippen molar-refractivity contribution in [2.24, 2.45) is 0 Å². The Labute approximate surface area is 175 Å². The molecule has 1 aliphatic rings. The second kappa shape index (κ2) is 7.35. The Bertz CT molecular complexity index is 1270. The first kappa shape index (κ1) is 19.0. The predicted molar refractivity (Wildman–Crippen MR) is 111 cm³/mol. The van der Waals surface area contributed by atoms with Crippen LogP contribution >= 0.6 is 0 Å². The van der Waals surface area contributed by atoms with Crippen molar-refractivity contribution in [2.45, 2.75) is 12.7 Å². The zero-order valence-corrected chi connectivity index (χ0v) is 16.0. The van der Waals surface area contributed by atoms with Gasteiger partial charge in [-0.1, -0.05) is 12.1 Å². The number of fused-ring (bicyclic) bond motifs is 5. The standard InChI is InChI=1S/C22H15F3N6/c23-22(24,25)14-4-1-3-13(9-14)10-28-21-29-11-17-15-6-8-26-12-18(15)30-20-16(19(17)31-21)5-2-7-27-20/h1-9,11-12H,10H2,(H,27,30)(H,28,29,31). The summed E-state index contributed by atoms with van der Waals surface area (Å²) in [7, 11) is 0. The van der Waals surface area contributed by atoms with E-state index in [0.29, 0.717) is 23.0 Å². The number of aromatic nitrogens is 4. The lowest BCUT2D eigenvalue weighted by molar-refractivity contribution is -0.137. The van der Waals surface area contributed by atoms with Crippen LogP contribution in [0.25, 0.3) is 22.4 Å². The highest BCUT2D eigenvalue weighted by molar-refractivity contribution is 5.95. The second-order valence-corrected chi connectivity index (χ2v) is 6.95. The van der Waals surface area contributed by atoms with Gasteiger partial charge >= 0.3 is 6.18 Å². The number of hydrogen-bond donors (Lipinski definition) is 2. The van der Waals surface area contributed by atoms with Crippen LogP contribution < -0.4 is 10.6 Å². The molecule has 9 heteroatoms. The molecule has 0 atom stereocenters. The quantitative estimate of drug-likeness (QED) is 0.413. The number of alkyl halides is 3. The fourth-order valence-corrected chi connectivity index (χ4v) is 3.46. The van der Waals surface area contributed by atoms with Gasteiger partial charge in [0.25, 0.3) is 0 Å². The number of pyridine rings is 2. The van der Waals surface area contributed by atoms with E-state index in [1.807, 2.05) is 18.2 Å². The van der Waals surface area contributed by atoms with E-state index in [4.69, 9.17) is 0 Å². The van der Waals surface area contributed by atoms with Crippen LogP contribution in [-0.4, -0.2) is 19.9 Å². The number of nitrogens with zero attached hydrogens (tertiary/aromatic N) is 4. The van der Waals surface area contributed by atoms with E-state index in [0.717, 1.165) is 34.5 Å². The molecule has 4 aromatic rings. The predicted octanol–water partition coefficient (Wildman–Crippen LogP) is 5.29. The van der Waals surface area contributed by atoms with Gasteiger partial charge in [-0.2, -0.15) is 13.2 Å². The van der Waals surface area contributed by atoms with Gasteiger partial charge in [0.05, 0.1) is 23.1 Å². The molecule has 1 aromatic carbocycles. The Morgan fingerprint density at radius 3 is 2.68 bits per heavy atom. The summed E-state index contributed by atoms with van der Waals surface area (Å²) in [4.78, 5) is 17.6. The largest absolute Gasteiger partial charge is 0.416 e. The van der Waals surface area contributed by atoms with E-state index < -0.39 is 11.7 Å². The Hall–Kier alpha value is -4.01. The first-order valence-corrected chi connectivity index (χ1v) is 9.43. The molecule has 6 nitrogen and oxygen atoms in total. The topological polar surface area (TPSA) is 75.6 Å². The molecule has 0 spiro atoms. The number of rotatable bonds is 3. The van der Waals surface area contributed by atoms with Crippen molar-refractivity contribution in [3.8, 4) is 22.4 Å². The van der Waals surface area contributed by atoms with Crippen molar-refractivity contribution >= 4 is 17.5 Å². The van der Waals surface area contributed by atoms with Gasteiger partial charge in [-0.25, -0.2) is 15.0 Å². The van der Waals surface area contributed by atoms with Crippen molar-refractivity contribution in [3.05, 3.63) is 78.4 Å². The summed E-state index contributed by atoms with van der Waals surface area (Å²) < 4.78 is 38.9. The van der Waals surface area contributed by atoms with Crippen LogP contribution in [0.15, 0.2) is 67.3 Å². The molecule has 0 saturated carbocycles. The molecule has 0 unspecified atom stereocenters. The summed E-state index contributed by atoms with van der Waals surface area (Å²) in [6, 6.07) is 10.8. The highest BCUT2D eigenvalue weighted by Crippen LogP contribution is 2.41. The fraction of sp³-hybridized carbons (Fsp3) is 0.0909. The minimum absolute atomic E-state index is 0.154. The Morgan fingerprint density at radius 2 is 1.81 bits per heavy atom. The third-order valence-corrected chi connectivity index (χ3v) is 4.92. The van der Waals surface area contributed by atoms with Gasteiger partial charge in [-0.3, -0.25) is 4.98 Å². The molecule has 0 saturated heterocycles. The normalized spacial score (nSPS) is 12.1. The van der Waals surface area contributed by atoms with Crippen molar-refractivity contribution < 1.29 is 13.2 Å². The van der Waals surface area contributed by atoms with Gasteiger partial charge in [0.15, 0.2) is 0 Å². The highest BCUT2D eigenvalue weighted by atomic mass is 19.4. The molecule has 3 aromatic heterocycles. The lowest BCUT2D eigenvalue weighted by Crippen LogP contribution is -2.08. The first-order valence-electron chi connectivity index (χ1n) is 9.43. The van der Waals surface area contributed by atoms with Gasteiger partial charge < -0.3 is 10.6 Å². The molecule has 5 rings (SSSR count). The van der Waals surface area contributed by atoms with Crippen molar-refractivity contribution in [3.63, 3.8) is 0 Å². The van der Waals surface area contributed by atoms with E-state index in [1.54, 1.807) is 30.9 Å². The molecule has 0 bridgehead atoms. The van der Waals surface area contributed by atoms with Crippen molar-refractivity contribution in [1.82, 2.24) is 19.9 Å². The number of hydrogen-bond acceptors (Lipinski definition) is 6. The van der Waals surface area contributed by atoms with Gasteiger partial charge in [-0.05, 0) is 35.9 Å². The van der Waals surface area contributed by atoms with Crippen LogP contribution in [-0.2, 0) is 12.7 Å². The summed E-state index contributed by atoms with van der Waals surface area (Å²) in [6.07, 6.45) is 2.39. The van der Waals surface area contributed by atoms with Gasteiger partial charge in [-0.15, -0.1) is 0 Å². The highest BCUT2D eigenvalue weighted by Gasteiger charge is 2.30. The minimum Gasteiger partial charge on any atom is -0.350 e. The molecule has 154 valence electrons. The maximum atomic E-state index is 13.0. The molecule has 1 aliphatic heterocycles. The number of nitrogens with one attached hydrogen (secondary N) is 2. The van der Waals surface area contributed by atoms with E-state index in [-0.39, 0.29) is 6.54 Å². The number of benzene rings is 1. The molecule has 0 amide bonds. The summed E-state index contributed by atoms with van der Waals surface area (Å²) in [6.45, 7) is 0.154. The number of halogens is 3. The lowest BCUT2D eigenvalue weighted by Gasteiger charge is -2.12. The molecular formula is C22H15F3N6. The average molecular weight is 420 g/mol. The monoisotopic (exact) mass is 420 g/mol. The molecule has 0 radical (unpaired) electrons. The van der Waals surface area contributed by atoms with Crippen LogP contribution in [0.1, 0.15) is 11.1 Å². The van der Waals surface area contributed by atoms with Gasteiger partial charge in [0, 0.05) is 41.8 Å². The summed E-state index contributed by atoms with van der Waals surface area (Å²) in [5, 5.41) is 6.30. The molecule has 31 heavy (non-hydrogen) atoms. The van der Waals surface area contributed by atoms with Crippen molar-refractivity contribution in [2.75, 3.05) is 10.6 Å². The molecule has 0 aliphatic carbocycles. The summed E-state index contributed by atoms with van der Waals surface area (Å²) >= 11 is 0. The van der Waals surface area contributed by atoms with Crippen molar-refractivity contribution in [1.29, 1.82) is 0 Å². The van der Waals surface area contributed by atoms with E-state index in [2.05, 4.69) is 30.6 Å². The van der Waals surface area contributed by atoms with Gasteiger partial charge in [0.2, 0.25) is 5.95 Å². The van der Waals surface area contributed by atoms with Crippen LogP contribution in [0.5, 0.6) is 0 Å². The van der Waals surface area contributed by atoms with E-state index in [1.165, 1.54) is 6.07 Å². The Morgan fingerprint density at radius 1 is 0.903 bits per heavy atom. The van der Waals surface area contributed by atoms with E-state index >= 15 is 0 Å². The summed E-state index contributed by atoms with van der Waals surface area (Å²) in [5.74, 6) is 0.946. The Balaban J connectivity index is 1.51.